The molecule has 3 atom stereocenters. The largest absolute Gasteiger partial charge is 0.507 e. The standard InChI is InChI=1S/C22H33N5O3/c1-13(23)21(29)26-22(30)18-10-16(15-5-3-2-4-6-15)12-27(18)11-14-7-8-17(20(24)25)19(28)9-14/h7-9,13,15-16,18,28H,2-6,10-12,23H2,1H3,(H3,24,25)(H,26,29,30)/t13-,16?,18-/m0/s1. The van der Waals surface area contributed by atoms with Crippen LogP contribution in [-0.2, 0) is 16.1 Å². The van der Waals surface area contributed by atoms with E-state index in [0.717, 1.165) is 18.5 Å². The van der Waals surface area contributed by atoms with Crippen molar-refractivity contribution in [2.45, 2.75) is 64.1 Å². The maximum Gasteiger partial charge on any atom is 0.243 e. The van der Waals surface area contributed by atoms with Crippen molar-refractivity contribution in [1.82, 2.24) is 10.2 Å². The number of nitrogens with one attached hydrogen (secondary N) is 2. The lowest BCUT2D eigenvalue weighted by atomic mass is 9.79. The number of rotatable bonds is 6. The van der Waals surface area contributed by atoms with Crippen molar-refractivity contribution < 1.29 is 14.7 Å². The van der Waals surface area contributed by atoms with Crippen molar-refractivity contribution in [3.05, 3.63) is 29.3 Å². The summed E-state index contributed by atoms with van der Waals surface area (Å²) in [6, 6.07) is 3.87. The van der Waals surface area contributed by atoms with Gasteiger partial charge in [0.2, 0.25) is 11.8 Å². The Morgan fingerprint density at radius 1 is 1.27 bits per heavy atom. The summed E-state index contributed by atoms with van der Waals surface area (Å²) in [5.74, 6) is 0.0124. The molecule has 1 saturated heterocycles. The van der Waals surface area contributed by atoms with Gasteiger partial charge >= 0.3 is 0 Å². The monoisotopic (exact) mass is 415 g/mol. The molecule has 1 aliphatic carbocycles. The Hall–Kier alpha value is -2.45. The molecule has 1 saturated carbocycles. The highest BCUT2D eigenvalue weighted by Gasteiger charge is 2.40. The maximum atomic E-state index is 12.9. The summed E-state index contributed by atoms with van der Waals surface area (Å²) >= 11 is 0. The van der Waals surface area contributed by atoms with Crippen LogP contribution in [0.1, 0.15) is 56.6 Å². The van der Waals surface area contributed by atoms with Crippen molar-refractivity contribution >= 4 is 17.6 Å². The molecule has 0 aromatic heterocycles. The van der Waals surface area contributed by atoms with E-state index in [9.17, 15) is 14.7 Å². The van der Waals surface area contributed by atoms with Gasteiger partial charge in [-0.3, -0.25) is 25.2 Å². The molecule has 1 aliphatic heterocycles. The first-order chi connectivity index (χ1) is 14.3. The molecule has 0 spiro atoms. The second kappa shape index (κ2) is 9.57. The lowest BCUT2D eigenvalue weighted by Gasteiger charge is -2.27. The second-order valence-electron chi connectivity index (χ2n) is 8.75. The minimum Gasteiger partial charge on any atom is -0.507 e. The molecule has 1 unspecified atom stereocenters. The van der Waals surface area contributed by atoms with Crippen molar-refractivity contribution in [2.24, 2.45) is 23.3 Å². The summed E-state index contributed by atoms with van der Waals surface area (Å²) < 4.78 is 0. The van der Waals surface area contributed by atoms with Gasteiger partial charge in [0, 0.05) is 13.1 Å². The minimum absolute atomic E-state index is 0.0452. The zero-order chi connectivity index (χ0) is 21.8. The van der Waals surface area contributed by atoms with Crippen LogP contribution in [0.2, 0.25) is 0 Å². The van der Waals surface area contributed by atoms with E-state index in [1.54, 1.807) is 19.1 Å². The van der Waals surface area contributed by atoms with Crippen LogP contribution in [-0.4, -0.2) is 46.3 Å². The van der Waals surface area contributed by atoms with Gasteiger partial charge in [0.15, 0.2) is 0 Å². The highest BCUT2D eigenvalue weighted by atomic mass is 16.3. The van der Waals surface area contributed by atoms with Gasteiger partial charge in [-0.25, -0.2) is 0 Å². The summed E-state index contributed by atoms with van der Waals surface area (Å²) in [5.41, 5.74) is 12.2. The number of imide groups is 1. The maximum absolute atomic E-state index is 12.9. The van der Waals surface area contributed by atoms with Crippen LogP contribution in [0.3, 0.4) is 0 Å². The van der Waals surface area contributed by atoms with Gasteiger partial charge < -0.3 is 16.6 Å². The Kier molecular flexibility index (Phi) is 7.10. The number of phenolic OH excluding ortho intramolecular Hbond substituents is 1. The molecule has 1 aromatic rings. The van der Waals surface area contributed by atoms with Crippen LogP contribution in [0, 0.1) is 17.2 Å². The Labute approximate surface area is 177 Å². The number of nitrogens with two attached hydrogens (primary N) is 2. The number of amidine groups is 1. The summed E-state index contributed by atoms with van der Waals surface area (Å²) in [4.78, 5) is 26.9. The number of nitrogens with zero attached hydrogens (tertiary/aromatic N) is 1. The molecule has 0 bridgehead atoms. The van der Waals surface area contributed by atoms with E-state index in [1.807, 2.05) is 6.07 Å². The fourth-order valence-electron chi connectivity index (χ4n) is 4.79. The third kappa shape index (κ3) is 5.17. The molecular formula is C22H33N5O3. The van der Waals surface area contributed by atoms with E-state index in [4.69, 9.17) is 16.9 Å². The van der Waals surface area contributed by atoms with Crippen LogP contribution in [0.25, 0.3) is 0 Å². The van der Waals surface area contributed by atoms with Crippen molar-refractivity contribution in [2.75, 3.05) is 6.54 Å². The topological polar surface area (TPSA) is 146 Å². The van der Waals surface area contributed by atoms with Crippen LogP contribution in [0.4, 0.5) is 0 Å². The summed E-state index contributed by atoms with van der Waals surface area (Å²) in [5, 5.41) is 20.1. The first-order valence-electron chi connectivity index (χ1n) is 10.8. The average Bonchev–Trinajstić information content (AvgIpc) is 3.12. The number of nitrogen functional groups attached to an aromatic ring is 1. The van der Waals surface area contributed by atoms with E-state index >= 15 is 0 Å². The van der Waals surface area contributed by atoms with Gasteiger partial charge in [-0.1, -0.05) is 38.2 Å². The average molecular weight is 416 g/mol. The van der Waals surface area contributed by atoms with Gasteiger partial charge in [-0.2, -0.15) is 0 Å². The zero-order valence-corrected chi connectivity index (χ0v) is 17.6. The number of hydrogen-bond donors (Lipinski definition) is 5. The quantitative estimate of drug-likeness (QED) is 0.351. The first-order valence-corrected chi connectivity index (χ1v) is 10.8. The number of benzene rings is 1. The highest BCUT2D eigenvalue weighted by molar-refractivity contribution is 6.00. The molecular weight excluding hydrogens is 382 g/mol. The molecule has 8 nitrogen and oxygen atoms in total. The van der Waals surface area contributed by atoms with Gasteiger partial charge in [-0.15, -0.1) is 0 Å². The smallest absolute Gasteiger partial charge is 0.243 e. The molecule has 1 aromatic carbocycles. The molecule has 1 heterocycles. The SMILES string of the molecule is C[C@H](N)C(=O)NC(=O)[C@@H]1CC(C2CCCCC2)CN1Cc1ccc(C(=N)N)c(O)c1. The molecule has 3 rings (SSSR count). The fraction of sp³-hybridized carbons (Fsp3) is 0.591. The number of aromatic hydroxyl groups is 1. The van der Waals surface area contributed by atoms with Crippen LogP contribution < -0.4 is 16.8 Å². The molecule has 164 valence electrons. The van der Waals surface area contributed by atoms with E-state index in [1.165, 1.54) is 32.1 Å². The van der Waals surface area contributed by atoms with Crippen molar-refractivity contribution in [3.63, 3.8) is 0 Å². The van der Waals surface area contributed by atoms with Crippen LogP contribution in [0.15, 0.2) is 18.2 Å². The summed E-state index contributed by atoms with van der Waals surface area (Å²) in [6.07, 6.45) is 6.87. The number of amides is 2. The lowest BCUT2D eigenvalue weighted by Crippen LogP contribution is -2.49. The number of hydrogen-bond acceptors (Lipinski definition) is 6. The molecule has 2 aliphatic rings. The Morgan fingerprint density at radius 3 is 2.57 bits per heavy atom. The van der Waals surface area contributed by atoms with Gasteiger partial charge in [-0.05, 0) is 42.9 Å². The Balaban J connectivity index is 1.77. The molecule has 7 N–H and O–H groups in total. The Morgan fingerprint density at radius 2 is 1.97 bits per heavy atom. The number of phenols is 1. The molecule has 8 heteroatoms. The number of carbonyl (C=O) groups excluding carboxylic acids is 2. The van der Waals surface area contributed by atoms with Crippen LogP contribution >= 0.6 is 0 Å². The second-order valence-corrected chi connectivity index (χ2v) is 8.75. The van der Waals surface area contributed by atoms with E-state index in [2.05, 4.69) is 10.2 Å². The lowest BCUT2D eigenvalue weighted by molar-refractivity contribution is -0.133. The zero-order valence-electron chi connectivity index (χ0n) is 17.6. The predicted molar refractivity (Wildman–Crippen MR) is 115 cm³/mol. The predicted octanol–water partition coefficient (Wildman–Crippen LogP) is 1.44. The number of likely N-dealkylation sites (tertiary alicyclic amines) is 1. The van der Waals surface area contributed by atoms with E-state index < -0.39 is 18.0 Å². The van der Waals surface area contributed by atoms with Gasteiger partial charge in [0.25, 0.3) is 0 Å². The molecule has 0 radical (unpaired) electrons. The molecule has 2 amide bonds. The minimum atomic E-state index is -0.742. The molecule has 2 fully saturated rings. The fourth-order valence-corrected chi connectivity index (χ4v) is 4.79. The normalized spacial score (nSPS) is 23.8. The summed E-state index contributed by atoms with van der Waals surface area (Å²) in [7, 11) is 0. The third-order valence-corrected chi connectivity index (χ3v) is 6.45. The third-order valence-electron chi connectivity index (χ3n) is 6.45. The Bertz CT molecular complexity index is 804. The van der Waals surface area contributed by atoms with Crippen LogP contribution in [0.5, 0.6) is 5.75 Å². The van der Waals surface area contributed by atoms with Crippen molar-refractivity contribution in [3.8, 4) is 5.75 Å². The first kappa shape index (κ1) is 22.2. The number of carbonyl (C=O) groups is 2. The highest BCUT2D eigenvalue weighted by Crippen LogP contribution is 2.38. The summed E-state index contributed by atoms with van der Waals surface area (Å²) in [6.45, 7) is 2.81. The van der Waals surface area contributed by atoms with Crippen molar-refractivity contribution in [1.29, 1.82) is 5.41 Å². The van der Waals surface area contributed by atoms with Gasteiger partial charge in [0.05, 0.1) is 17.6 Å². The van der Waals surface area contributed by atoms with E-state index in [0.29, 0.717) is 18.4 Å². The van der Waals surface area contributed by atoms with E-state index in [-0.39, 0.29) is 23.1 Å². The van der Waals surface area contributed by atoms with Gasteiger partial charge in [0.1, 0.15) is 11.6 Å². The molecule has 30 heavy (non-hydrogen) atoms.